The quantitative estimate of drug-likeness (QED) is 0.363. The molecule has 0 unspecified atom stereocenters. The van der Waals surface area contributed by atoms with Crippen molar-refractivity contribution in [1.82, 2.24) is 28.6 Å². The number of benzene rings is 1. The van der Waals surface area contributed by atoms with E-state index >= 15 is 0 Å². The number of likely N-dealkylation sites (N-methyl/N-ethyl adjacent to an activating group) is 1. The summed E-state index contributed by atoms with van der Waals surface area (Å²) in [5.74, 6) is -0.212. The van der Waals surface area contributed by atoms with Gasteiger partial charge in [-0.3, -0.25) is 23.6 Å². The standard InChI is InChI=1S/C21H25N7O3S2/c1-24(2)8-9-28(20-23-14-7-6-13(32-5)10-15(14)33-20)16(29)11-27-12-22-18-17(27)19(30)26(4)21(31)25(18)3/h6-7,10,12H,8-9,11H2,1-5H3. The van der Waals surface area contributed by atoms with Gasteiger partial charge in [0.25, 0.3) is 5.56 Å². The molecule has 0 radical (unpaired) electrons. The van der Waals surface area contributed by atoms with Crippen LogP contribution in [-0.2, 0) is 25.4 Å². The van der Waals surface area contributed by atoms with Crippen LogP contribution < -0.4 is 16.1 Å². The largest absolute Gasteiger partial charge is 0.332 e. The molecule has 1 amide bonds. The van der Waals surface area contributed by atoms with E-state index in [2.05, 4.69) is 11.1 Å². The second kappa shape index (κ2) is 9.12. The van der Waals surface area contributed by atoms with Gasteiger partial charge in [0.2, 0.25) is 5.91 Å². The zero-order chi connectivity index (χ0) is 23.9. The highest BCUT2D eigenvalue weighted by molar-refractivity contribution is 7.98. The predicted octanol–water partition coefficient (Wildman–Crippen LogP) is 1.36. The van der Waals surface area contributed by atoms with Crippen molar-refractivity contribution in [3.05, 3.63) is 45.4 Å². The molecule has 0 atom stereocenters. The molecule has 0 aliphatic carbocycles. The second-order valence-corrected chi connectivity index (χ2v) is 9.82. The number of carbonyl (C=O) groups excluding carboxylic acids is 1. The summed E-state index contributed by atoms with van der Waals surface area (Å²) in [4.78, 5) is 52.1. The van der Waals surface area contributed by atoms with Gasteiger partial charge in [0.1, 0.15) is 6.54 Å². The maximum atomic E-state index is 13.5. The van der Waals surface area contributed by atoms with Gasteiger partial charge in [-0.05, 0) is 38.6 Å². The zero-order valence-electron chi connectivity index (χ0n) is 19.1. The highest BCUT2D eigenvalue weighted by atomic mass is 32.2. The van der Waals surface area contributed by atoms with Crippen LogP contribution in [0.25, 0.3) is 21.4 Å². The Bertz CT molecular complexity index is 1460. The van der Waals surface area contributed by atoms with E-state index in [9.17, 15) is 14.4 Å². The molecule has 0 fully saturated rings. The van der Waals surface area contributed by atoms with Gasteiger partial charge in [-0.2, -0.15) is 0 Å². The SMILES string of the molecule is CSc1ccc2nc(N(CCN(C)C)C(=O)Cn3cnc4c3c(=O)n(C)c(=O)n4C)sc2c1. The molecule has 33 heavy (non-hydrogen) atoms. The Morgan fingerprint density at radius 1 is 1.15 bits per heavy atom. The first-order chi connectivity index (χ1) is 15.7. The Morgan fingerprint density at radius 2 is 1.91 bits per heavy atom. The number of nitrogens with zero attached hydrogens (tertiary/aromatic N) is 7. The van der Waals surface area contributed by atoms with Gasteiger partial charge in [0.05, 0.1) is 16.5 Å². The molecule has 0 aliphatic heterocycles. The lowest BCUT2D eigenvalue weighted by molar-refractivity contribution is -0.119. The minimum absolute atomic E-state index is 0.0939. The first kappa shape index (κ1) is 23.2. The number of amides is 1. The molecule has 4 aromatic rings. The maximum absolute atomic E-state index is 13.5. The molecule has 4 rings (SSSR count). The van der Waals surface area contributed by atoms with E-state index in [4.69, 9.17) is 4.98 Å². The number of imidazole rings is 1. The number of thiazole rings is 1. The molecule has 0 aliphatic rings. The molecule has 0 saturated carbocycles. The topological polar surface area (TPSA) is 98.3 Å². The highest BCUT2D eigenvalue weighted by Crippen LogP contribution is 2.31. The summed E-state index contributed by atoms with van der Waals surface area (Å²) >= 11 is 3.12. The van der Waals surface area contributed by atoms with Crippen LogP contribution in [0.1, 0.15) is 0 Å². The summed E-state index contributed by atoms with van der Waals surface area (Å²) in [5.41, 5.74) is 0.362. The van der Waals surface area contributed by atoms with Crippen LogP contribution in [0.2, 0.25) is 0 Å². The lowest BCUT2D eigenvalue weighted by Gasteiger charge is -2.22. The van der Waals surface area contributed by atoms with Gasteiger partial charge in [-0.1, -0.05) is 11.3 Å². The average Bonchev–Trinajstić information content (AvgIpc) is 3.39. The van der Waals surface area contributed by atoms with E-state index in [0.29, 0.717) is 18.2 Å². The minimum atomic E-state index is -0.483. The molecule has 0 bridgehead atoms. The molecular weight excluding hydrogens is 462 g/mol. The number of hydrogen-bond acceptors (Lipinski definition) is 8. The Labute approximate surface area is 198 Å². The number of carbonyl (C=O) groups is 1. The van der Waals surface area contributed by atoms with Gasteiger partial charge in [-0.15, -0.1) is 11.8 Å². The van der Waals surface area contributed by atoms with E-state index < -0.39 is 11.2 Å². The van der Waals surface area contributed by atoms with Crippen LogP contribution >= 0.6 is 23.1 Å². The first-order valence-corrected chi connectivity index (χ1v) is 12.3. The third kappa shape index (κ3) is 4.33. The number of hydrogen-bond donors (Lipinski definition) is 0. The van der Waals surface area contributed by atoms with Gasteiger partial charge in [0, 0.05) is 32.1 Å². The van der Waals surface area contributed by atoms with Crippen LogP contribution in [0.5, 0.6) is 0 Å². The average molecular weight is 488 g/mol. The van der Waals surface area contributed by atoms with E-state index in [1.165, 1.54) is 33.8 Å². The Hall–Kier alpha value is -2.96. The van der Waals surface area contributed by atoms with E-state index in [-0.39, 0.29) is 23.6 Å². The predicted molar refractivity (Wildman–Crippen MR) is 133 cm³/mol. The van der Waals surface area contributed by atoms with Crippen molar-refractivity contribution in [3.8, 4) is 0 Å². The van der Waals surface area contributed by atoms with Crippen molar-refractivity contribution in [2.45, 2.75) is 11.4 Å². The molecule has 174 valence electrons. The van der Waals surface area contributed by atoms with E-state index in [0.717, 1.165) is 19.7 Å². The number of aryl methyl sites for hydroxylation is 1. The maximum Gasteiger partial charge on any atom is 0.332 e. The highest BCUT2D eigenvalue weighted by Gasteiger charge is 2.23. The summed E-state index contributed by atoms with van der Waals surface area (Å²) < 4.78 is 4.84. The van der Waals surface area contributed by atoms with Crippen LogP contribution in [0, 0.1) is 0 Å². The first-order valence-electron chi connectivity index (χ1n) is 10.2. The summed E-state index contributed by atoms with van der Waals surface area (Å²) in [6, 6.07) is 6.05. The third-order valence-electron chi connectivity index (χ3n) is 5.41. The Morgan fingerprint density at radius 3 is 2.61 bits per heavy atom. The van der Waals surface area contributed by atoms with Crippen molar-refractivity contribution in [1.29, 1.82) is 0 Å². The number of rotatable bonds is 7. The fraction of sp³-hybridized carbons (Fsp3) is 0.381. The third-order valence-corrected chi connectivity index (χ3v) is 7.18. The summed E-state index contributed by atoms with van der Waals surface area (Å²) in [7, 11) is 6.85. The van der Waals surface area contributed by atoms with Crippen LogP contribution in [0.15, 0.2) is 39.0 Å². The Balaban J connectivity index is 1.72. The lowest BCUT2D eigenvalue weighted by atomic mass is 10.3. The summed E-state index contributed by atoms with van der Waals surface area (Å²) in [6.45, 7) is 1.01. The van der Waals surface area contributed by atoms with Gasteiger partial charge in [-0.25, -0.2) is 14.8 Å². The van der Waals surface area contributed by atoms with Gasteiger partial charge < -0.3 is 9.47 Å². The summed E-state index contributed by atoms with van der Waals surface area (Å²) in [6.07, 6.45) is 3.45. The van der Waals surface area contributed by atoms with Crippen molar-refractivity contribution in [2.24, 2.45) is 14.1 Å². The van der Waals surface area contributed by atoms with Crippen LogP contribution in [0.4, 0.5) is 5.13 Å². The fourth-order valence-corrected chi connectivity index (χ4v) is 5.07. The molecule has 3 heterocycles. The zero-order valence-corrected chi connectivity index (χ0v) is 20.7. The Kier molecular flexibility index (Phi) is 6.41. The van der Waals surface area contributed by atoms with Crippen molar-refractivity contribution >= 4 is 55.5 Å². The van der Waals surface area contributed by atoms with Gasteiger partial charge >= 0.3 is 5.69 Å². The van der Waals surface area contributed by atoms with Gasteiger partial charge in [0.15, 0.2) is 16.3 Å². The smallest absolute Gasteiger partial charge is 0.315 e. The van der Waals surface area contributed by atoms with Crippen molar-refractivity contribution in [3.63, 3.8) is 0 Å². The molecule has 0 N–H and O–H groups in total. The molecule has 0 spiro atoms. The second-order valence-electron chi connectivity index (χ2n) is 7.93. The number of aromatic nitrogens is 5. The normalized spacial score (nSPS) is 11.7. The van der Waals surface area contributed by atoms with E-state index in [1.54, 1.807) is 23.7 Å². The fourth-order valence-electron chi connectivity index (χ4n) is 3.51. The van der Waals surface area contributed by atoms with E-state index in [1.807, 2.05) is 37.4 Å². The molecule has 12 heteroatoms. The minimum Gasteiger partial charge on any atom is -0.315 e. The number of thioether (sulfide) groups is 1. The summed E-state index contributed by atoms with van der Waals surface area (Å²) in [5, 5.41) is 0.611. The number of anilines is 1. The molecule has 0 saturated heterocycles. The molecule has 10 nitrogen and oxygen atoms in total. The van der Waals surface area contributed by atoms with Crippen molar-refractivity contribution in [2.75, 3.05) is 38.3 Å². The van der Waals surface area contributed by atoms with Crippen LogP contribution in [0.3, 0.4) is 0 Å². The van der Waals surface area contributed by atoms with Crippen molar-refractivity contribution < 1.29 is 4.79 Å². The lowest BCUT2D eigenvalue weighted by Crippen LogP contribution is -2.40. The monoisotopic (exact) mass is 487 g/mol. The molecule has 1 aromatic carbocycles. The van der Waals surface area contributed by atoms with Crippen LogP contribution in [-0.4, -0.2) is 67.9 Å². The number of fused-ring (bicyclic) bond motifs is 2. The molecular formula is C21H25N7O3S2. The molecule has 3 aromatic heterocycles.